The van der Waals surface area contributed by atoms with Gasteiger partial charge in [0.2, 0.25) is 0 Å². The zero-order valence-electron chi connectivity index (χ0n) is 11.8. The molecule has 0 heterocycles. The maximum Gasteiger partial charge on any atom is 0.137 e. The quantitative estimate of drug-likeness (QED) is 0.818. The molecule has 0 spiro atoms. The van der Waals surface area contributed by atoms with E-state index in [0.29, 0.717) is 22.7 Å². The summed E-state index contributed by atoms with van der Waals surface area (Å²) in [5.41, 5.74) is 2.36. The molecule has 2 nitrogen and oxygen atoms in total. The van der Waals surface area contributed by atoms with Crippen LogP contribution in [-0.4, -0.2) is 13.2 Å². The van der Waals surface area contributed by atoms with Crippen LogP contribution in [0.15, 0.2) is 42.5 Å². The number of hydrogen-bond acceptors (Lipinski definition) is 2. The highest BCUT2D eigenvalue weighted by Crippen LogP contribution is 2.39. The van der Waals surface area contributed by atoms with Crippen molar-refractivity contribution in [2.75, 3.05) is 12.4 Å². The number of benzene rings is 2. The van der Waals surface area contributed by atoms with E-state index in [2.05, 4.69) is 17.4 Å². The van der Waals surface area contributed by atoms with Crippen LogP contribution in [0.25, 0.3) is 0 Å². The molecule has 1 aliphatic carbocycles. The van der Waals surface area contributed by atoms with Gasteiger partial charge in [-0.15, -0.1) is 0 Å². The molecule has 3 rings (SSSR count). The molecule has 0 radical (unpaired) electrons. The topological polar surface area (TPSA) is 21.3 Å². The lowest BCUT2D eigenvalue weighted by molar-refractivity contribution is 0.374. The molecular formula is C17H17Cl2NO. The standard InChI is InChI=1S/C17H17Cl2NO/c1-21-17-6-5-14(10-16(17)19)20-15-8-12(9-15)11-3-2-4-13(18)7-11/h2-7,10,12,15,20H,8-9H2,1H3. The van der Waals surface area contributed by atoms with Crippen LogP contribution in [0.2, 0.25) is 10.0 Å². The molecule has 0 unspecified atom stereocenters. The van der Waals surface area contributed by atoms with Crippen molar-refractivity contribution in [2.45, 2.75) is 24.8 Å². The largest absolute Gasteiger partial charge is 0.495 e. The van der Waals surface area contributed by atoms with Gasteiger partial charge in [-0.1, -0.05) is 35.3 Å². The van der Waals surface area contributed by atoms with Crippen molar-refractivity contribution in [3.63, 3.8) is 0 Å². The fourth-order valence-corrected chi connectivity index (χ4v) is 3.22. The van der Waals surface area contributed by atoms with Gasteiger partial charge in [0, 0.05) is 16.8 Å². The molecule has 21 heavy (non-hydrogen) atoms. The van der Waals surface area contributed by atoms with Crippen LogP contribution in [0.3, 0.4) is 0 Å². The van der Waals surface area contributed by atoms with Gasteiger partial charge in [-0.25, -0.2) is 0 Å². The van der Waals surface area contributed by atoms with Gasteiger partial charge >= 0.3 is 0 Å². The van der Waals surface area contributed by atoms with Crippen molar-refractivity contribution >= 4 is 28.9 Å². The van der Waals surface area contributed by atoms with Crippen LogP contribution in [0.4, 0.5) is 5.69 Å². The predicted molar refractivity (Wildman–Crippen MR) is 88.8 cm³/mol. The van der Waals surface area contributed by atoms with Crippen molar-refractivity contribution in [1.29, 1.82) is 0 Å². The number of ether oxygens (including phenoxy) is 1. The lowest BCUT2D eigenvalue weighted by Gasteiger charge is -2.37. The molecule has 2 aromatic carbocycles. The molecule has 1 fully saturated rings. The molecule has 0 aromatic heterocycles. The molecule has 0 amide bonds. The summed E-state index contributed by atoms with van der Waals surface area (Å²) < 4.78 is 5.16. The first-order valence-electron chi connectivity index (χ1n) is 7.01. The summed E-state index contributed by atoms with van der Waals surface area (Å²) in [5.74, 6) is 1.29. The van der Waals surface area contributed by atoms with E-state index >= 15 is 0 Å². The first-order chi connectivity index (χ1) is 10.2. The Morgan fingerprint density at radius 2 is 1.90 bits per heavy atom. The number of methoxy groups -OCH3 is 1. The summed E-state index contributed by atoms with van der Waals surface area (Å²) in [5, 5.41) is 4.96. The molecule has 4 heteroatoms. The molecule has 0 atom stereocenters. The van der Waals surface area contributed by atoms with Crippen LogP contribution >= 0.6 is 23.2 Å². The van der Waals surface area contributed by atoms with Gasteiger partial charge in [0.05, 0.1) is 12.1 Å². The highest BCUT2D eigenvalue weighted by molar-refractivity contribution is 6.32. The van der Waals surface area contributed by atoms with E-state index < -0.39 is 0 Å². The molecule has 0 bridgehead atoms. The van der Waals surface area contributed by atoms with Crippen molar-refractivity contribution in [2.24, 2.45) is 0 Å². The zero-order chi connectivity index (χ0) is 14.8. The third-order valence-electron chi connectivity index (χ3n) is 3.98. The summed E-state index contributed by atoms with van der Waals surface area (Å²) in [6.45, 7) is 0. The minimum absolute atomic E-state index is 0.485. The van der Waals surface area contributed by atoms with Crippen LogP contribution < -0.4 is 10.1 Å². The lowest BCUT2D eigenvalue weighted by Crippen LogP contribution is -2.33. The Morgan fingerprint density at radius 3 is 2.57 bits per heavy atom. The third-order valence-corrected chi connectivity index (χ3v) is 4.51. The summed E-state index contributed by atoms with van der Waals surface area (Å²) in [7, 11) is 1.62. The van der Waals surface area contributed by atoms with Crippen molar-refractivity contribution in [3.8, 4) is 5.75 Å². The second-order valence-electron chi connectivity index (χ2n) is 5.41. The van der Waals surface area contributed by atoms with Gasteiger partial charge in [-0.05, 0) is 54.7 Å². The SMILES string of the molecule is COc1ccc(NC2CC(c3cccc(Cl)c3)C2)cc1Cl. The normalized spacial score (nSPS) is 20.7. The van der Waals surface area contributed by atoms with Crippen LogP contribution in [0, 0.1) is 0 Å². The van der Waals surface area contributed by atoms with Crippen molar-refractivity contribution in [1.82, 2.24) is 0 Å². The fraction of sp³-hybridized carbons (Fsp3) is 0.294. The van der Waals surface area contributed by atoms with Gasteiger partial charge in [0.1, 0.15) is 5.75 Å². The van der Waals surface area contributed by atoms with E-state index in [1.54, 1.807) is 7.11 Å². The van der Waals surface area contributed by atoms with Gasteiger partial charge in [-0.3, -0.25) is 0 Å². The predicted octanol–water partition coefficient (Wildman–Crippen LogP) is 5.36. The average molecular weight is 322 g/mol. The minimum atomic E-state index is 0.485. The van der Waals surface area contributed by atoms with Crippen LogP contribution in [0.1, 0.15) is 24.3 Å². The zero-order valence-corrected chi connectivity index (χ0v) is 13.3. The number of rotatable bonds is 4. The van der Waals surface area contributed by atoms with E-state index in [-0.39, 0.29) is 0 Å². The molecule has 1 saturated carbocycles. The number of nitrogens with one attached hydrogen (secondary N) is 1. The Kier molecular flexibility index (Phi) is 4.27. The first kappa shape index (κ1) is 14.6. The van der Waals surface area contributed by atoms with E-state index in [9.17, 15) is 0 Å². The summed E-state index contributed by atoms with van der Waals surface area (Å²) in [6, 6.07) is 14.4. The van der Waals surface area contributed by atoms with Gasteiger partial charge < -0.3 is 10.1 Å². The molecule has 0 saturated heterocycles. The van der Waals surface area contributed by atoms with Gasteiger partial charge in [0.25, 0.3) is 0 Å². The molecule has 1 aliphatic rings. The molecule has 110 valence electrons. The van der Waals surface area contributed by atoms with Crippen LogP contribution in [-0.2, 0) is 0 Å². The fourth-order valence-electron chi connectivity index (χ4n) is 2.76. The Balaban J connectivity index is 1.58. The van der Waals surface area contributed by atoms with E-state index in [0.717, 1.165) is 23.6 Å². The highest BCUT2D eigenvalue weighted by atomic mass is 35.5. The summed E-state index contributed by atoms with van der Waals surface area (Å²) >= 11 is 12.2. The Bertz CT molecular complexity index is 638. The number of halogens is 2. The smallest absolute Gasteiger partial charge is 0.137 e. The first-order valence-corrected chi connectivity index (χ1v) is 7.77. The minimum Gasteiger partial charge on any atom is -0.495 e. The number of anilines is 1. The van der Waals surface area contributed by atoms with Crippen LogP contribution in [0.5, 0.6) is 5.75 Å². The molecular weight excluding hydrogens is 305 g/mol. The molecule has 1 N–H and O–H groups in total. The maximum atomic E-state index is 6.14. The van der Waals surface area contributed by atoms with E-state index in [1.165, 1.54) is 5.56 Å². The van der Waals surface area contributed by atoms with Gasteiger partial charge in [0.15, 0.2) is 0 Å². The third kappa shape index (κ3) is 3.28. The Hall–Kier alpha value is -1.38. The second kappa shape index (κ2) is 6.17. The van der Waals surface area contributed by atoms with E-state index in [1.807, 2.05) is 30.3 Å². The maximum absolute atomic E-state index is 6.14. The molecule has 2 aromatic rings. The van der Waals surface area contributed by atoms with E-state index in [4.69, 9.17) is 27.9 Å². The van der Waals surface area contributed by atoms with Crippen molar-refractivity contribution < 1.29 is 4.74 Å². The summed E-state index contributed by atoms with van der Waals surface area (Å²) in [6.07, 6.45) is 2.23. The Labute approximate surface area is 135 Å². The molecule has 0 aliphatic heterocycles. The second-order valence-corrected chi connectivity index (χ2v) is 6.26. The summed E-state index contributed by atoms with van der Waals surface area (Å²) in [4.78, 5) is 0. The Morgan fingerprint density at radius 1 is 1.10 bits per heavy atom. The average Bonchev–Trinajstić information content (AvgIpc) is 2.42. The van der Waals surface area contributed by atoms with Gasteiger partial charge in [-0.2, -0.15) is 0 Å². The monoisotopic (exact) mass is 321 g/mol. The lowest BCUT2D eigenvalue weighted by atomic mass is 9.76. The number of hydrogen-bond donors (Lipinski definition) is 1. The highest BCUT2D eigenvalue weighted by Gasteiger charge is 2.30. The van der Waals surface area contributed by atoms with Crippen molar-refractivity contribution in [3.05, 3.63) is 58.1 Å².